The van der Waals surface area contributed by atoms with Gasteiger partial charge in [-0.2, -0.15) is 13.2 Å². The highest BCUT2D eigenvalue weighted by Crippen LogP contribution is 2.19. The second-order valence-electron chi connectivity index (χ2n) is 5.46. The number of aliphatic carboxylic acids is 1. The molecule has 0 spiro atoms. The van der Waals surface area contributed by atoms with Gasteiger partial charge in [-0.3, -0.25) is 9.59 Å². The van der Waals surface area contributed by atoms with Crippen molar-refractivity contribution in [2.24, 2.45) is 0 Å². The van der Waals surface area contributed by atoms with Gasteiger partial charge in [0, 0.05) is 17.9 Å². The second kappa shape index (κ2) is 5.74. The van der Waals surface area contributed by atoms with Gasteiger partial charge in [0.1, 0.15) is 13.1 Å². The predicted molar refractivity (Wildman–Crippen MR) is 69.4 cm³/mol. The quantitative estimate of drug-likeness (QED) is 0.911. The van der Waals surface area contributed by atoms with Crippen LogP contribution >= 0.6 is 0 Å². The smallest absolute Gasteiger partial charge is 0.405 e. The van der Waals surface area contributed by atoms with E-state index in [0.717, 1.165) is 0 Å². The fourth-order valence-corrected chi connectivity index (χ4v) is 1.73. The highest BCUT2D eigenvalue weighted by atomic mass is 19.4. The van der Waals surface area contributed by atoms with Crippen LogP contribution in [0.15, 0.2) is 17.2 Å². The van der Waals surface area contributed by atoms with Crippen molar-refractivity contribution < 1.29 is 23.1 Å². The van der Waals surface area contributed by atoms with E-state index in [4.69, 9.17) is 5.11 Å². The summed E-state index contributed by atoms with van der Waals surface area (Å²) in [7, 11) is 0. The van der Waals surface area contributed by atoms with Crippen LogP contribution in [0.5, 0.6) is 0 Å². The van der Waals surface area contributed by atoms with Crippen LogP contribution in [-0.2, 0) is 10.3 Å². The molecular weight excluding hydrogens is 291 g/mol. The molecule has 1 N–H and O–H groups in total. The average molecular weight is 307 g/mol. The van der Waals surface area contributed by atoms with E-state index in [2.05, 4.69) is 4.98 Å². The van der Waals surface area contributed by atoms with E-state index in [1.807, 2.05) is 0 Å². The number of carbonyl (C=O) groups is 1. The molecule has 0 saturated heterocycles. The van der Waals surface area contributed by atoms with E-state index in [1.54, 1.807) is 20.8 Å². The minimum Gasteiger partial charge on any atom is -0.480 e. The summed E-state index contributed by atoms with van der Waals surface area (Å²) in [6.45, 7) is 2.57. The molecule has 0 aromatic carbocycles. The Labute approximate surface area is 118 Å². The molecule has 0 fully saturated rings. The third-order valence-electron chi connectivity index (χ3n) is 2.54. The Morgan fingerprint density at radius 2 is 1.95 bits per heavy atom. The fraction of sp³-hybridized carbons (Fsp3) is 0.583. The van der Waals surface area contributed by atoms with Crippen LogP contribution in [0.25, 0.3) is 0 Å². The first-order valence-electron chi connectivity index (χ1n) is 6.03. The lowest BCUT2D eigenvalue weighted by atomic mass is 10.1. The maximum atomic E-state index is 12.5. The lowest BCUT2D eigenvalue weighted by Crippen LogP contribution is -2.44. The number of carboxylic acids is 1. The van der Waals surface area contributed by atoms with Crippen molar-refractivity contribution in [2.45, 2.75) is 32.5 Å². The molecule has 0 saturated carbocycles. The molecule has 9 heteroatoms. The molecule has 0 atom stereocenters. The molecule has 0 unspecified atom stereocenters. The lowest BCUT2D eigenvalue weighted by Gasteiger charge is -2.26. The van der Waals surface area contributed by atoms with Crippen molar-refractivity contribution in [1.29, 1.82) is 0 Å². The third-order valence-corrected chi connectivity index (χ3v) is 2.54. The van der Waals surface area contributed by atoms with Crippen LogP contribution in [0, 0.1) is 0 Å². The van der Waals surface area contributed by atoms with Crippen molar-refractivity contribution in [3.8, 4) is 0 Å². The topological polar surface area (TPSA) is 75.4 Å². The average Bonchev–Trinajstić information content (AvgIpc) is 2.24. The van der Waals surface area contributed by atoms with Crippen molar-refractivity contribution >= 4 is 11.8 Å². The minimum atomic E-state index is -4.65. The molecule has 0 aliphatic rings. The Bertz CT molecular complexity index is 576. The van der Waals surface area contributed by atoms with Crippen molar-refractivity contribution in [3.05, 3.63) is 22.7 Å². The zero-order valence-electron chi connectivity index (χ0n) is 11.8. The maximum Gasteiger partial charge on any atom is 0.405 e. The molecular formula is C12H16F3N3O3. The highest BCUT2D eigenvalue weighted by molar-refractivity contribution is 5.73. The number of halogens is 3. The molecule has 1 heterocycles. The first-order valence-corrected chi connectivity index (χ1v) is 6.03. The molecule has 0 radical (unpaired) electrons. The number of hydrogen-bond donors (Lipinski definition) is 1. The number of alkyl halides is 3. The van der Waals surface area contributed by atoms with Crippen molar-refractivity contribution in [1.82, 2.24) is 9.55 Å². The summed E-state index contributed by atoms with van der Waals surface area (Å²) in [6, 6.07) is 0. The summed E-state index contributed by atoms with van der Waals surface area (Å²) < 4.78 is 38.8. The highest BCUT2D eigenvalue weighted by Gasteiger charge is 2.34. The van der Waals surface area contributed by atoms with Crippen LogP contribution in [-0.4, -0.2) is 39.9 Å². The van der Waals surface area contributed by atoms with E-state index in [-0.39, 0.29) is 0 Å². The molecule has 0 aliphatic carbocycles. The van der Waals surface area contributed by atoms with Gasteiger partial charge >= 0.3 is 12.1 Å². The molecule has 1 aromatic rings. The Hall–Kier alpha value is -2.06. The molecule has 1 rings (SSSR count). The fourth-order valence-electron chi connectivity index (χ4n) is 1.73. The maximum absolute atomic E-state index is 12.5. The Morgan fingerprint density at radius 3 is 2.38 bits per heavy atom. The summed E-state index contributed by atoms with van der Waals surface area (Å²) in [4.78, 5) is 27.0. The SMILES string of the molecule is CC(C)(C)n1ccnc(N(CC(=O)O)CC(F)(F)F)c1=O. The monoisotopic (exact) mass is 307 g/mol. The van der Waals surface area contributed by atoms with E-state index < -0.39 is 42.2 Å². The second-order valence-corrected chi connectivity index (χ2v) is 5.46. The lowest BCUT2D eigenvalue weighted by molar-refractivity contribution is -0.136. The summed E-state index contributed by atoms with van der Waals surface area (Å²) >= 11 is 0. The first-order chi connectivity index (χ1) is 9.42. The summed E-state index contributed by atoms with van der Waals surface area (Å²) in [6.07, 6.45) is -2.13. The summed E-state index contributed by atoms with van der Waals surface area (Å²) in [5.41, 5.74) is -1.43. The molecule has 21 heavy (non-hydrogen) atoms. The number of carboxylic acid groups (broad SMARTS) is 1. The van der Waals surface area contributed by atoms with Crippen LogP contribution in [0.3, 0.4) is 0 Å². The third kappa shape index (κ3) is 4.76. The van der Waals surface area contributed by atoms with Gasteiger partial charge in [-0.25, -0.2) is 4.98 Å². The van der Waals surface area contributed by atoms with Gasteiger partial charge in [0.25, 0.3) is 5.56 Å². The van der Waals surface area contributed by atoms with Gasteiger partial charge in [-0.05, 0) is 20.8 Å². The largest absolute Gasteiger partial charge is 0.480 e. The zero-order chi connectivity index (χ0) is 16.4. The number of rotatable bonds is 4. The zero-order valence-corrected chi connectivity index (χ0v) is 11.8. The molecule has 0 aliphatic heterocycles. The van der Waals surface area contributed by atoms with Crippen molar-refractivity contribution in [2.75, 3.05) is 18.0 Å². The van der Waals surface area contributed by atoms with Gasteiger partial charge in [0.05, 0.1) is 0 Å². The number of nitrogens with zero attached hydrogens (tertiary/aromatic N) is 3. The Balaban J connectivity index is 3.32. The van der Waals surface area contributed by atoms with Crippen LogP contribution in [0.2, 0.25) is 0 Å². The van der Waals surface area contributed by atoms with Gasteiger partial charge < -0.3 is 14.6 Å². The van der Waals surface area contributed by atoms with Crippen LogP contribution in [0.1, 0.15) is 20.8 Å². The molecule has 0 bridgehead atoms. The molecule has 6 nitrogen and oxygen atoms in total. The summed E-state index contributed by atoms with van der Waals surface area (Å²) in [5, 5.41) is 8.72. The van der Waals surface area contributed by atoms with E-state index in [1.165, 1.54) is 17.0 Å². The Kier molecular flexibility index (Phi) is 4.65. The number of anilines is 1. The number of aromatic nitrogens is 2. The van der Waals surface area contributed by atoms with Gasteiger partial charge in [0.2, 0.25) is 0 Å². The number of hydrogen-bond acceptors (Lipinski definition) is 4. The molecule has 0 amide bonds. The van der Waals surface area contributed by atoms with Crippen LogP contribution in [0.4, 0.5) is 19.0 Å². The standard InChI is InChI=1S/C12H16F3N3O3/c1-11(2,3)18-5-4-16-9(10(18)21)17(6-8(19)20)7-12(13,14)15/h4-5H,6-7H2,1-3H3,(H,19,20). The van der Waals surface area contributed by atoms with Crippen LogP contribution < -0.4 is 10.5 Å². The summed E-state index contributed by atoms with van der Waals surface area (Å²) in [5.74, 6) is -2.02. The Morgan fingerprint density at radius 1 is 1.38 bits per heavy atom. The molecule has 118 valence electrons. The van der Waals surface area contributed by atoms with E-state index in [9.17, 15) is 22.8 Å². The van der Waals surface area contributed by atoms with Gasteiger partial charge in [-0.15, -0.1) is 0 Å². The van der Waals surface area contributed by atoms with E-state index >= 15 is 0 Å². The molecule has 1 aromatic heterocycles. The van der Waals surface area contributed by atoms with E-state index in [0.29, 0.717) is 4.90 Å². The van der Waals surface area contributed by atoms with Gasteiger partial charge in [-0.1, -0.05) is 0 Å². The van der Waals surface area contributed by atoms with Crippen molar-refractivity contribution in [3.63, 3.8) is 0 Å². The normalized spacial score (nSPS) is 12.3. The minimum absolute atomic E-state index is 0.410. The first kappa shape index (κ1) is 17.0. The van der Waals surface area contributed by atoms with Gasteiger partial charge in [0.15, 0.2) is 5.82 Å². The predicted octanol–water partition coefficient (Wildman–Crippen LogP) is 1.45.